The van der Waals surface area contributed by atoms with Gasteiger partial charge in [-0.3, -0.25) is 0 Å². The van der Waals surface area contributed by atoms with Crippen molar-refractivity contribution in [2.24, 2.45) is 11.8 Å². The van der Waals surface area contributed by atoms with E-state index in [4.69, 9.17) is 0 Å². The fourth-order valence-electron chi connectivity index (χ4n) is 2.07. The van der Waals surface area contributed by atoms with E-state index in [1.165, 1.54) is 0 Å². The average Bonchev–Trinajstić information content (AvgIpc) is 2.15. The van der Waals surface area contributed by atoms with E-state index in [1.54, 1.807) is 0 Å². The summed E-state index contributed by atoms with van der Waals surface area (Å²) in [5.41, 5.74) is 0. The molecule has 0 unspecified atom stereocenters. The van der Waals surface area contributed by atoms with Crippen LogP contribution in [0.1, 0.15) is 39.5 Å². The molecule has 0 heterocycles. The van der Waals surface area contributed by atoms with Crippen LogP contribution in [0.4, 0.5) is 0 Å². The van der Waals surface area contributed by atoms with Gasteiger partial charge in [0.05, 0.1) is 5.75 Å². The molecule has 96 valence electrons. The molecule has 1 N–H and O–H groups in total. The third-order valence-electron chi connectivity index (χ3n) is 2.92. The van der Waals surface area contributed by atoms with Crippen LogP contribution in [0.25, 0.3) is 0 Å². The summed E-state index contributed by atoms with van der Waals surface area (Å²) < 4.78 is 26.0. The molecule has 1 rings (SSSR count). The highest BCUT2D eigenvalue weighted by molar-refractivity contribution is 9.09. The summed E-state index contributed by atoms with van der Waals surface area (Å²) in [5.74, 6) is 0.951. The second-order valence-corrected chi connectivity index (χ2v) is 8.29. The predicted octanol–water partition coefficient (Wildman–Crippen LogP) is 2.52. The molecule has 3 nitrogen and oxygen atoms in total. The summed E-state index contributed by atoms with van der Waals surface area (Å²) in [7, 11) is -3.06. The third-order valence-corrected chi connectivity index (χ3v) is 5.55. The topological polar surface area (TPSA) is 46.2 Å². The van der Waals surface area contributed by atoms with Crippen molar-refractivity contribution in [3.63, 3.8) is 0 Å². The van der Waals surface area contributed by atoms with E-state index in [-0.39, 0.29) is 11.7 Å². The van der Waals surface area contributed by atoms with Gasteiger partial charge in [0.15, 0.2) is 0 Å². The van der Waals surface area contributed by atoms with Gasteiger partial charge in [0.1, 0.15) is 0 Å². The quantitative estimate of drug-likeness (QED) is 0.793. The number of hydrogen-bond acceptors (Lipinski definition) is 2. The van der Waals surface area contributed by atoms with Gasteiger partial charge in [-0.05, 0) is 37.5 Å². The first-order chi connectivity index (χ1) is 7.39. The van der Waals surface area contributed by atoms with Crippen molar-refractivity contribution in [1.82, 2.24) is 4.72 Å². The minimum absolute atomic E-state index is 0.191. The number of rotatable bonds is 5. The van der Waals surface area contributed by atoms with E-state index in [2.05, 4.69) is 20.7 Å². The van der Waals surface area contributed by atoms with Gasteiger partial charge in [0, 0.05) is 11.4 Å². The van der Waals surface area contributed by atoms with Crippen LogP contribution < -0.4 is 4.72 Å². The van der Waals surface area contributed by atoms with E-state index >= 15 is 0 Å². The van der Waals surface area contributed by atoms with E-state index < -0.39 is 10.0 Å². The van der Waals surface area contributed by atoms with Crippen LogP contribution in [0.15, 0.2) is 0 Å². The van der Waals surface area contributed by atoms with E-state index in [0.29, 0.717) is 17.3 Å². The SMILES string of the molecule is CC(C)CS(=O)(=O)NCC1CCC(Br)CC1. The number of halogens is 1. The summed E-state index contributed by atoms with van der Waals surface area (Å²) in [4.78, 5) is 0.635. The molecule has 0 aromatic rings. The highest BCUT2D eigenvalue weighted by Gasteiger charge is 2.21. The van der Waals surface area contributed by atoms with Crippen molar-refractivity contribution in [2.45, 2.75) is 44.4 Å². The van der Waals surface area contributed by atoms with Gasteiger partial charge < -0.3 is 0 Å². The normalized spacial score (nSPS) is 27.2. The van der Waals surface area contributed by atoms with Gasteiger partial charge in [-0.2, -0.15) is 0 Å². The van der Waals surface area contributed by atoms with Crippen molar-refractivity contribution < 1.29 is 8.42 Å². The highest BCUT2D eigenvalue weighted by atomic mass is 79.9. The molecule has 1 aliphatic rings. The van der Waals surface area contributed by atoms with Gasteiger partial charge in [-0.25, -0.2) is 13.1 Å². The summed E-state index contributed by atoms with van der Waals surface area (Å²) in [6, 6.07) is 0. The fraction of sp³-hybridized carbons (Fsp3) is 1.00. The smallest absolute Gasteiger partial charge is 0.211 e. The summed E-state index contributed by atoms with van der Waals surface area (Å²) in [5, 5.41) is 0. The molecule has 0 aliphatic heterocycles. The lowest BCUT2D eigenvalue weighted by molar-refractivity contribution is 0.366. The molecule has 1 fully saturated rings. The van der Waals surface area contributed by atoms with Crippen molar-refractivity contribution in [3.05, 3.63) is 0 Å². The summed E-state index contributed by atoms with van der Waals surface area (Å²) in [6.07, 6.45) is 4.58. The first-order valence-corrected chi connectivity index (χ1v) is 8.57. The number of alkyl halides is 1. The molecule has 0 radical (unpaired) electrons. The number of hydrogen-bond donors (Lipinski definition) is 1. The molecule has 0 spiro atoms. The molecule has 0 amide bonds. The van der Waals surface area contributed by atoms with E-state index in [0.717, 1.165) is 25.7 Å². The molecule has 0 aromatic carbocycles. The van der Waals surface area contributed by atoms with Crippen molar-refractivity contribution in [2.75, 3.05) is 12.3 Å². The molecule has 1 aliphatic carbocycles. The molecular weight excluding hydrogens is 290 g/mol. The minimum Gasteiger partial charge on any atom is -0.215 e. The van der Waals surface area contributed by atoms with Gasteiger partial charge in [-0.1, -0.05) is 29.8 Å². The lowest BCUT2D eigenvalue weighted by Crippen LogP contribution is -2.34. The average molecular weight is 312 g/mol. The second-order valence-electron chi connectivity index (χ2n) is 5.14. The van der Waals surface area contributed by atoms with Crippen molar-refractivity contribution in [1.29, 1.82) is 0 Å². The number of sulfonamides is 1. The molecule has 0 atom stereocenters. The molecule has 0 bridgehead atoms. The Kier molecular flexibility index (Phi) is 5.74. The molecule has 16 heavy (non-hydrogen) atoms. The Morgan fingerprint density at radius 2 is 1.81 bits per heavy atom. The maximum absolute atomic E-state index is 11.6. The van der Waals surface area contributed by atoms with Gasteiger partial charge >= 0.3 is 0 Å². The Morgan fingerprint density at radius 3 is 2.31 bits per heavy atom. The van der Waals surface area contributed by atoms with Crippen LogP contribution >= 0.6 is 15.9 Å². The Hall–Kier alpha value is 0.390. The lowest BCUT2D eigenvalue weighted by atomic mass is 9.89. The standard InChI is InChI=1S/C11H22BrNO2S/c1-9(2)8-16(14,15)13-7-10-3-5-11(12)6-4-10/h9-11,13H,3-8H2,1-2H3. The van der Waals surface area contributed by atoms with Gasteiger partial charge in [0.2, 0.25) is 10.0 Å². The zero-order valence-corrected chi connectivity index (χ0v) is 12.5. The van der Waals surface area contributed by atoms with Crippen LogP contribution in [-0.2, 0) is 10.0 Å². The van der Waals surface area contributed by atoms with E-state index in [9.17, 15) is 8.42 Å². The molecular formula is C11H22BrNO2S. The first kappa shape index (κ1) is 14.5. The van der Waals surface area contributed by atoms with Crippen LogP contribution in [0.3, 0.4) is 0 Å². The van der Waals surface area contributed by atoms with Crippen molar-refractivity contribution in [3.8, 4) is 0 Å². The summed E-state index contributed by atoms with van der Waals surface area (Å²) >= 11 is 3.60. The van der Waals surface area contributed by atoms with E-state index in [1.807, 2.05) is 13.8 Å². The zero-order valence-electron chi connectivity index (χ0n) is 10.1. The Bertz CT molecular complexity index is 295. The maximum atomic E-state index is 11.6. The first-order valence-electron chi connectivity index (χ1n) is 6.00. The highest BCUT2D eigenvalue weighted by Crippen LogP contribution is 2.28. The van der Waals surface area contributed by atoms with Crippen molar-refractivity contribution >= 4 is 26.0 Å². The molecule has 1 saturated carbocycles. The Labute approximate surface area is 108 Å². The second kappa shape index (κ2) is 6.36. The maximum Gasteiger partial charge on any atom is 0.211 e. The molecule has 0 saturated heterocycles. The molecule has 5 heteroatoms. The summed E-state index contributed by atoms with van der Waals surface area (Å²) in [6.45, 7) is 4.47. The van der Waals surface area contributed by atoms with Crippen LogP contribution in [0, 0.1) is 11.8 Å². The van der Waals surface area contributed by atoms with Crippen LogP contribution in [0.5, 0.6) is 0 Å². The zero-order chi connectivity index (χ0) is 12.2. The van der Waals surface area contributed by atoms with Crippen LogP contribution in [0.2, 0.25) is 0 Å². The van der Waals surface area contributed by atoms with Crippen LogP contribution in [-0.4, -0.2) is 25.5 Å². The third kappa shape index (κ3) is 5.64. The monoisotopic (exact) mass is 311 g/mol. The van der Waals surface area contributed by atoms with Gasteiger partial charge in [-0.15, -0.1) is 0 Å². The largest absolute Gasteiger partial charge is 0.215 e. The fourth-order valence-corrected chi connectivity index (χ4v) is 4.08. The predicted molar refractivity (Wildman–Crippen MR) is 71.3 cm³/mol. The molecule has 0 aromatic heterocycles. The minimum atomic E-state index is -3.06. The lowest BCUT2D eigenvalue weighted by Gasteiger charge is -2.25. The Balaban J connectivity index is 2.29. The Morgan fingerprint density at radius 1 is 1.25 bits per heavy atom. The van der Waals surface area contributed by atoms with Gasteiger partial charge in [0.25, 0.3) is 0 Å². The number of nitrogens with one attached hydrogen (secondary N) is 1.